The molecule has 0 aliphatic heterocycles. The predicted molar refractivity (Wildman–Crippen MR) is 58.0 cm³/mol. The van der Waals surface area contributed by atoms with Gasteiger partial charge < -0.3 is 10.5 Å². The lowest BCUT2D eigenvalue weighted by Crippen LogP contribution is -2.01. The second-order valence-electron chi connectivity index (χ2n) is 2.97. The van der Waals surface area contributed by atoms with Crippen molar-refractivity contribution in [2.24, 2.45) is 5.73 Å². The Morgan fingerprint density at radius 3 is 2.79 bits per heavy atom. The predicted octanol–water partition coefficient (Wildman–Crippen LogP) is 2.49. The third-order valence-corrected chi connectivity index (χ3v) is 2.85. The number of hydrogen-bond donors (Lipinski definition) is 1. The Hall–Kier alpha value is -0.610. The van der Waals surface area contributed by atoms with Crippen molar-refractivity contribution < 1.29 is 9.13 Å². The van der Waals surface area contributed by atoms with Crippen molar-refractivity contribution in [3.63, 3.8) is 0 Å². The number of nitrogens with two attached hydrogens (primary N) is 1. The molecule has 0 saturated carbocycles. The van der Waals surface area contributed by atoms with Crippen molar-refractivity contribution in [2.75, 3.05) is 13.7 Å². The van der Waals surface area contributed by atoms with Crippen molar-refractivity contribution in [2.45, 2.75) is 12.8 Å². The Bertz CT molecular complexity index is 317. The molecule has 0 unspecified atom stereocenters. The fourth-order valence-electron chi connectivity index (χ4n) is 1.24. The summed E-state index contributed by atoms with van der Waals surface area (Å²) in [6.45, 7) is 0.602. The van der Waals surface area contributed by atoms with E-state index in [0.717, 1.165) is 22.9 Å². The van der Waals surface area contributed by atoms with Crippen LogP contribution in [-0.2, 0) is 6.42 Å². The first-order chi connectivity index (χ1) is 6.69. The number of aryl methyl sites for hydroxylation is 1. The van der Waals surface area contributed by atoms with Crippen LogP contribution in [0, 0.1) is 5.82 Å². The van der Waals surface area contributed by atoms with Crippen LogP contribution in [0.1, 0.15) is 12.0 Å². The molecule has 4 heteroatoms. The van der Waals surface area contributed by atoms with Gasteiger partial charge in [-0.25, -0.2) is 4.39 Å². The average Bonchev–Trinajstić information content (AvgIpc) is 2.18. The summed E-state index contributed by atoms with van der Waals surface area (Å²) in [4.78, 5) is 0. The Balaban J connectivity index is 2.96. The minimum atomic E-state index is -0.280. The maximum Gasteiger partial charge on any atom is 0.136 e. The molecule has 1 aromatic rings. The number of methoxy groups -OCH3 is 1. The highest BCUT2D eigenvalue weighted by Crippen LogP contribution is 2.30. The second-order valence-corrected chi connectivity index (χ2v) is 3.77. The summed E-state index contributed by atoms with van der Waals surface area (Å²) in [7, 11) is 1.52. The van der Waals surface area contributed by atoms with Gasteiger partial charge in [-0.2, -0.15) is 0 Å². The van der Waals surface area contributed by atoms with Gasteiger partial charge in [-0.1, -0.05) is 0 Å². The molecule has 0 atom stereocenters. The summed E-state index contributed by atoms with van der Waals surface area (Å²) in [6.07, 6.45) is 1.59. The minimum Gasteiger partial charge on any atom is -0.495 e. The summed E-state index contributed by atoms with van der Waals surface area (Å²) < 4.78 is 18.9. The van der Waals surface area contributed by atoms with Crippen molar-refractivity contribution in [1.82, 2.24) is 0 Å². The van der Waals surface area contributed by atoms with Crippen LogP contribution >= 0.6 is 15.9 Å². The Morgan fingerprint density at radius 2 is 2.21 bits per heavy atom. The summed E-state index contributed by atoms with van der Waals surface area (Å²) in [6, 6.07) is 2.86. The zero-order chi connectivity index (χ0) is 10.6. The molecule has 78 valence electrons. The van der Waals surface area contributed by atoms with E-state index in [1.54, 1.807) is 0 Å². The van der Waals surface area contributed by atoms with Gasteiger partial charge in [0.25, 0.3) is 0 Å². The molecule has 14 heavy (non-hydrogen) atoms. The van der Waals surface area contributed by atoms with Gasteiger partial charge in [-0.3, -0.25) is 0 Å². The third kappa shape index (κ3) is 2.69. The van der Waals surface area contributed by atoms with E-state index in [0.29, 0.717) is 12.3 Å². The molecule has 0 radical (unpaired) electrons. The van der Waals surface area contributed by atoms with Crippen LogP contribution in [-0.4, -0.2) is 13.7 Å². The van der Waals surface area contributed by atoms with Gasteiger partial charge >= 0.3 is 0 Å². The van der Waals surface area contributed by atoms with Crippen molar-refractivity contribution in [1.29, 1.82) is 0 Å². The number of hydrogen-bond acceptors (Lipinski definition) is 2. The van der Waals surface area contributed by atoms with E-state index < -0.39 is 0 Å². The van der Waals surface area contributed by atoms with Gasteiger partial charge in [0.2, 0.25) is 0 Å². The highest BCUT2D eigenvalue weighted by atomic mass is 79.9. The second kappa shape index (κ2) is 5.32. The molecule has 1 aromatic carbocycles. The van der Waals surface area contributed by atoms with Crippen LogP contribution < -0.4 is 10.5 Å². The molecule has 0 saturated heterocycles. The maximum absolute atomic E-state index is 13.1. The molecule has 0 aliphatic carbocycles. The highest BCUT2D eigenvalue weighted by molar-refractivity contribution is 9.10. The zero-order valence-electron chi connectivity index (χ0n) is 8.02. The topological polar surface area (TPSA) is 35.2 Å². The van der Waals surface area contributed by atoms with E-state index in [4.69, 9.17) is 10.5 Å². The lowest BCUT2D eigenvalue weighted by molar-refractivity contribution is 0.407. The van der Waals surface area contributed by atoms with Crippen LogP contribution in [0.25, 0.3) is 0 Å². The lowest BCUT2D eigenvalue weighted by Gasteiger charge is -2.08. The third-order valence-electron chi connectivity index (χ3n) is 1.95. The van der Waals surface area contributed by atoms with Gasteiger partial charge in [0.1, 0.15) is 11.6 Å². The molecule has 0 fully saturated rings. The van der Waals surface area contributed by atoms with Gasteiger partial charge in [-0.15, -0.1) is 0 Å². The first-order valence-corrected chi connectivity index (χ1v) is 5.20. The normalized spacial score (nSPS) is 10.3. The molecule has 0 aromatic heterocycles. The molecule has 2 nitrogen and oxygen atoms in total. The van der Waals surface area contributed by atoms with Crippen LogP contribution in [0.2, 0.25) is 0 Å². The smallest absolute Gasteiger partial charge is 0.136 e. The standard InChI is InChI=1S/C10H13BrFNO/c1-14-9-6-8(12)5-7(10(9)11)3-2-4-13/h5-6H,2-4,13H2,1H3. The molecule has 0 heterocycles. The van der Waals surface area contributed by atoms with Gasteiger partial charge in [0.05, 0.1) is 11.6 Å². The Kier molecular flexibility index (Phi) is 4.35. The quantitative estimate of drug-likeness (QED) is 0.904. The molecule has 1 rings (SSSR count). The number of rotatable bonds is 4. The van der Waals surface area contributed by atoms with E-state index in [1.165, 1.54) is 19.2 Å². The Morgan fingerprint density at radius 1 is 1.50 bits per heavy atom. The summed E-state index contributed by atoms with van der Waals surface area (Å²) >= 11 is 3.37. The van der Waals surface area contributed by atoms with E-state index in [1.807, 2.05) is 0 Å². The summed E-state index contributed by atoms with van der Waals surface area (Å²) in [5.41, 5.74) is 6.29. The van der Waals surface area contributed by atoms with Gasteiger partial charge in [-0.05, 0) is 46.9 Å². The Labute approximate surface area is 91.4 Å². The molecule has 0 amide bonds. The SMILES string of the molecule is COc1cc(F)cc(CCCN)c1Br. The monoisotopic (exact) mass is 261 g/mol. The molecule has 0 bridgehead atoms. The summed E-state index contributed by atoms with van der Waals surface area (Å²) in [5, 5.41) is 0. The fraction of sp³-hybridized carbons (Fsp3) is 0.400. The highest BCUT2D eigenvalue weighted by Gasteiger charge is 2.08. The minimum absolute atomic E-state index is 0.280. The zero-order valence-corrected chi connectivity index (χ0v) is 9.60. The summed E-state index contributed by atoms with van der Waals surface area (Å²) in [5.74, 6) is 0.245. The van der Waals surface area contributed by atoms with E-state index >= 15 is 0 Å². The first-order valence-electron chi connectivity index (χ1n) is 4.41. The van der Waals surface area contributed by atoms with Gasteiger partial charge in [0.15, 0.2) is 0 Å². The van der Waals surface area contributed by atoms with Crippen LogP contribution in [0.5, 0.6) is 5.75 Å². The van der Waals surface area contributed by atoms with E-state index in [2.05, 4.69) is 15.9 Å². The van der Waals surface area contributed by atoms with Gasteiger partial charge in [0, 0.05) is 6.07 Å². The van der Waals surface area contributed by atoms with Crippen LogP contribution in [0.4, 0.5) is 4.39 Å². The largest absolute Gasteiger partial charge is 0.495 e. The molecular formula is C10H13BrFNO. The van der Waals surface area contributed by atoms with E-state index in [9.17, 15) is 4.39 Å². The molecular weight excluding hydrogens is 249 g/mol. The van der Waals surface area contributed by atoms with E-state index in [-0.39, 0.29) is 5.82 Å². The molecule has 2 N–H and O–H groups in total. The van der Waals surface area contributed by atoms with Crippen LogP contribution in [0.15, 0.2) is 16.6 Å². The van der Waals surface area contributed by atoms with Crippen molar-refractivity contribution in [3.05, 3.63) is 28.0 Å². The number of benzene rings is 1. The van der Waals surface area contributed by atoms with Crippen LogP contribution in [0.3, 0.4) is 0 Å². The van der Waals surface area contributed by atoms with Crippen molar-refractivity contribution in [3.8, 4) is 5.75 Å². The average molecular weight is 262 g/mol. The lowest BCUT2D eigenvalue weighted by atomic mass is 10.1. The molecule has 0 spiro atoms. The number of ether oxygens (including phenoxy) is 1. The number of halogens is 2. The first kappa shape index (κ1) is 11.5. The van der Waals surface area contributed by atoms with Crippen molar-refractivity contribution >= 4 is 15.9 Å². The molecule has 0 aliphatic rings. The fourth-order valence-corrected chi connectivity index (χ4v) is 1.83. The maximum atomic E-state index is 13.1.